The second-order valence-electron chi connectivity index (χ2n) is 3.99. The summed E-state index contributed by atoms with van der Waals surface area (Å²) in [5.41, 5.74) is 8.56. The zero-order valence-corrected chi connectivity index (χ0v) is 8.95. The average Bonchev–Trinajstić information content (AvgIpc) is 2.43. The van der Waals surface area contributed by atoms with E-state index in [0.717, 1.165) is 16.6 Å². The number of nitrogens with one attached hydrogen (secondary N) is 1. The monoisotopic (exact) mass is 205 g/mol. The fraction of sp³-hybridized carbons (Fsp3) is 0.364. The molecule has 0 spiro atoms. The van der Waals surface area contributed by atoms with Crippen LogP contribution < -0.4 is 11.4 Å². The van der Waals surface area contributed by atoms with Crippen LogP contribution >= 0.6 is 0 Å². The summed E-state index contributed by atoms with van der Waals surface area (Å²) >= 11 is 0. The van der Waals surface area contributed by atoms with Gasteiger partial charge in [0.2, 0.25) is 0 Å². The summed E-state index contributed by atoms with van der Waals surface area (Å²) in [4.78, 5) is 14.5. The molecule has 2 rings (SSSR count). The van der Waals surface area contributed by atoms with Gasteiger partial charge in [-0.05, 0) is 25.5 Å². The fourth-order valence-electron chi connectivity index (χ4n) is 1.86. The topological polar surface area (TPSA) is 63.8 Å². The lowest BCUT2D eigenvalue weighted by Crippen LogP contribution is -2.28. The summed E-state index contributed by atoms with van der Waals surface area (Å²) in [7, 11) is 0. The molecule has 1 unspecified atom stereocenters. The number of fused-ring (bicyclic) bond motifs is 1. The predicted octanol–water partition coefficient (Wildman–Crippen LogP) is 0.985. The number of aromatic nitrogens is 2. The molecule has 1 atom stereocenters. The number of imidazole rings is 1. The quantitative estimate of drug-likeness (QED) is 0.767. The molecule has 1 aromatic heterocycles. The van der Waals surface area contributed by atoms with E-state index in [2.05, 4.69) is 4.98 Å². The average molecular weight is 205 g/mol. The van der Waals surface area contributed by atoms with Crippen molar-refractivity contribution in [2.75, 3.05) is 0 Å². The van der Waals surface area contributed by atoms with Crippen LogP contribution in [0.1, 0.15) is 12.5 Å². The Labute approximate surface area is 87.7 Å². The molecule has 0 saturated heterocycles. The lowest BCUT2D eigenvalue weighted by atomic mass is 10.2. The van der Waals surface area contributed by atoms with Crippen molar-refractivity contribution in [3.63, 3.8) is 0 Å². The number of benzene rings is 1. The minimum Gasteiger partial charge on any atom is -0.326 e. The van der Waals surface area contributed by atoms with E-state index in [-0.39, 0.29) is 11.7 Å². The number of rotatable bonds is 2. The first kappa shape index (κ1) is 9.98. The highest BCUT2D eigenvalue weighted by molar-refractivity contribution is 5.78. The molecule has 0 aliphatic rings. The highest BCUT2D eigenvalue weighted by Gasteiger charge is 2.09. The summed E-state index contributed by atoms with van der Waals surface area (Å²) in [5.74, 6) is 0. The number of aryl methyl sites for hydroxylation is 1. The van der Waals surface area contributed by atoms with Crippen molar-refractivity contribution < 1.29 is 0 Å². The maximum atomic E-state index is 11.7. The van der Waals surface area contributed by atoms with Crippen molar-refractivity contribution in [3.8, 4) is 0 Å². The van der Waals surface area contributed by atoms with Gasteiger partial charge in [-0.15, -0.1) is 0 Å². The summed E-state index contributed by atoms with van der Waals surface area (Å²) in [5, 5.41) is 0. The lowest BCUT2D eigenvalue weighted by Gasteiger charge is -2.07. The molecular weight excluding hydrogens is 190 g/mol. The Bertz CT molecular complexity index is 536. The van der Waals surface area contributed by atoms with Crippen molar-refractivity contribution in [2.24, 2.45) is 5.73 Å². The smallest absolute Gasteiger partial charge is 0.326 e. The molecule has 0 aliphatic heterocycles. The molecule has 0 radical (unpaired) electrons. The van der Waals surface area contributed by atoms with Crippen molar-refractivity contribution in [3.05, 3.63) is 34.2 Å². The van der Waals surface area contributed by atoms with E-state index in [1.165, 1.54) is 0 Å². The number of aromatic amines is 1. The van der Waals surface area contributed by atoms with Crippen LogP contribution in [0.25, 0.3) is 11.0 Å². The maximum absolute atomic E-state index is 11.7. The van der Waals surface area contributed by atoms with E-state index in [0.29, 0.717) is 6.54 Å². The zero-order chi connectivity index (χ0) is 11.0. The third-order valence-electron chi connectivity index (χ3n) is 2.46. The van der Waals surface area contributed by atoms with Crippen LogP contribution in [0.15, 0.2) is 23.0 Å². The first-order chi connectivity index (χ1) is 7.09. The molecule has 0 fully saturated rings. The minimum atomic E-state index is -0.0865. The largest absolute Gasteiger partial charge is 0.326 e. The number of H-pyrrole nitrogens is 1. The second kappa shape index (κ2) is 3.55. The molecule has 0 saturated carbocycles. The third-order valence-corrected chi connectivity index (χ3v) is 2.46. The van der Waals surface area contributed by atoms with Gasteiger partial charge in [-0.1, -0.05) is 12.1 Å². The minimum absolute atomic E-state index is 0.0266. The SMILES string of the molecule is Cc1cccc2[nH]c(=O)n(CC(C)N)c12. The second-order valence-corrected chi connectivity index (χ2v) is 3.99. The van der Waals surface area contributed by atoms with E-state index < -0.39 is 0 Å². The van der Waals surface area contributed by atoms with Crippen LogP contribution in [0.5, 0.6) is 0 Å². The van der Waals surface area contributed by atoms with Gasteiger partial charge >= 0.3 is 5.69 Å². The number of nitrogens with zero attached hydrogens (tertiary/aromatic N) is 1. The van der Waals surface area contributed by atoms with Gasteiger partial charge in [0.25, 0.3) is 0 Å². The lowest BCUT2D eigenvalue weighted by molar-refractivity contribution is 0.587. The van der Waals surface area contributed by atoms with Crippen LogP contribution in [-0.2, 0) is 6.54 Å². The van der Waals surface area contributed by atoms with Crippen molar-refractivity contribution in [2.45, 2.75) is 26.4 Å². The molecule has 4 nitrogen and oxygen atoms in total. The molecule has 0 bridgehead atoms. The summed E-state index contributed by atoms with van der Waals surface area (Å²) in [6.07, 6.45) is 0. The Balaban J connectivity index is 2.71. The maximum Gasteiger partial charge on any atom is 0.326 e. The first-order valence-electron chi connectivity index (χ1n) is 5.03. The van der Waals surface area contributed by atoms with Crippen LogP contribution in [0.3, 0.4) is 0 Å². The highest BCUT2D eigenvalue weighted by atomic mass is 16.1. The highest BCUT2D eigenvalue weighted by Crippen LogP contribution is 2.14. The van der Waals surface area contributed by atoms with Crippen molar-refractivity contribution in [1.29, 1.82) is 0 Å². The molecule has 4 heteroatoms. The summed E-state index contributed by atoms with van der Waals surface area (Å²) in [6, 6.07) is 5.81. The van der Waals surface area contributed by atoms with E-state index >= 15 is 0 Å². The zero-order valence-electron chi connectivity index (χ0n) is 8.95. The van der Waals surface area contributed by atoms with Crippen molar-refractivity contribution >= 4 is 11.0 Å². The van der Waals surface area contributed by atoms with Gasteiger partial charge in [0.05, 0.1) is 11.0 Å². The molecule has 1 aromatic carbocycles. The number of nitrogens with two attached hydrogens (primary N) is 1. The van der Waals surface area contributed by atoms with Crippen LogP contribution in [0.4, 0.5) is 0 Å². The van der Waals surface area contributed by atoms with Gasteiger partial charge in [-0.25, -0.2) is 4.79 Å². The van der Waals surface area contributed by atoms with Crippen molar-refractivity contribution in [1.82, 2.24) is 9.55 Å². The number of hydrogen-bond donors (Lipinski definition) is 2. The van der Waals surface area contributed by atoms with E-state index in [9.17, 15) is 4.79 Å². The Hall–Kier alpha value is -1.55. The van der Waals surface area contributed by atoms with Crippen LogP contribution in [0.2, 0.25) is 0 Å². The molecule has 0 amide bonds. The standard InChI is InChI=1S/C11H15N3O/c1-7-4-3-5-9-10(7)14(6-8(2)12)11(15)13-9/h3-5,8H,6,12H2,1-2H3,(H,13,15). The Kier molecular flexibility index (Phi) is 2.36. The van der Waals surface area contributed by atoms with Gasteiger partial charge in [-0.3, -0.25) is 4.57 Å². The predicted molar refractivity (Wildman–Crippen MR) is 60.9 cm³/mol. The van der Waals surface area contributed by atoms with Gasteiger partial charge in [0, 0.05) is 12.6 Å². The van der Waals surface area contributed by atoms with Gasteiger partial charge in [0.1, 0.15) is 0 Å². The Morgan fingerprint density at radius 2 is 2.27 bits per heavy atom. The van der Waals surface area contributed by atoms with Gasteiger partial charge < -0.3 is 10.7 Å². The van der Waals surface area contributed by atoms with E-state index in [1.54, 1.807) is 4.57 Å². The third kappa shape index (κ3) is 1.68. The first-order valence-corrected chi connectivity index (χ1v) is 5.03. The van der Waals surface area contributed by atoms with Gasteiger partial charge in [0.15, 0.2) is 0 Å². The van der Waals surface area contributed by atoms with E-state index in [4.69, 9.17) is 5.73 Å². The Morgan fingerprint density at radius 3 is 2.93 bits per heavy atom. The molecule has 15 heavy (non-hydrogen) atoms. The molecule has 2 aromatic rings. The molecule has 80 valence electrons. The molecular formula is C11H15N3O. The number of hydrogen-bond acceptors (Lipinski definition) is 2. The molecule has 3 N–H and O–H groups in total. The van der Waals surface area contributed by atoms with Crippen LogP contribution in [-0.4, -0.2) is 15.6 Å². The fourth-order valence-corrected chi connectivity index (χ4v) is 1.86. The summed E-state index contributed by atoms with van der Waals surface area (Å²) in [6.45, 7) is 4.43. The summed E-state index contributed by atoms with van der Waals surface area (Å²) < 4.78 is 1.70. The van der Waals surface area contributed by atoms with E-state index in [1.807, 2.05) is 32.0 Å². The Morgan fingerprint density at radius 1 is 1.53 bits per heavy atom. The normalized spacial score (nSPS) is 13.3. The van der Waals surface area contributed by atoms with Gasteiger partial charge in [-0.2, -0.15) is 0 Å². The number of para-hydroxylation sites is 1. The molecule has 0 aliphatic carbocycles. The van der Waals surface area contributed by atoms with Crippen LogP contribution in [0, 0.1) is 6.92 Å². The molecule has 1 heterocycles.